The summed E-state index contributed by atoms with van der Waals surface area (Å²) in [6.45, 7) is 5.61. The minimum absolute atomic E-state index is 0.0406. The quantitative estimate of drug-likeness (QED) is 0.545. The van der Waals surface area contributed by atoms with Gasteiger partial charge in [-0.05, 0) is 105 Å². The van der Waals surface area contributed by atoms with Crippen LogP contribution in [0.1, 0.15) is 39.9 Å². The van der Waals surface area contributed by atoms with Gasteiger partial charge in [0.2, 0.25) is 6.41 Å². The van der Waals surface area contributed by atoms with Crippen molar-refractivity contribution >= 4 is 23.7 Å². The van der Waals surface area contributed by atoms with Gasteiger partial charge in [0.25, 0.3) is 5.91 Å². The molecule has 0 aliphatic carbocycles. The first-order valence-electron chi connectivity index (χ1n) is 12.7. The number of aryl methyl sites for hydroxylation is 1. The fraction of sp³-hybridized carbons (Fsp3) is 0.333. The second kappa shape index (κ2) is 8.79. The van der Waals surface area contributed by atoms with Crippen molar-refractivity contribution < 1.29 is 14.3 Å². The zero-order valence-electron chi connectivity index (χ0n) is 20.8. The lowest BCUT2D eigenvalue weighted by atomic mass is 9.74. The summed E-state index contributed by atoms with van der Waals surface area (Å²) in [6.07, 6.45) is 3.72. The van der Waals surface area contributed by atoms with E-state index in [2.05, 4.69) is 29.4 Å². The molecule has 0 saturated carbocycles. The maximum atomic E-state index is 13.6. The highest BCUT2D eigenvalue weighted by molar-refractivity contribution is 6.07. The van der Waals surface area contributed by atoms with E-state index in [0.29, 0.717) is 18.5 Å². The highest BCUT2D eigenvalue weighted by Crippen LogP contribution is 2.49. The Morgan fingerprint density at radius 2 is 1.81 bits per heavy atom. The van der Waals surface area contributed by atoms with Crippen LogP contribution in [0.25, 0.3) is 11.1 Å². The fourth-order valence-electron chi connectivity index (χ4n) is 6.01. The van der Waals surface area contributed by atoms with E-state index in [1.54, 1.807) is 0 Å². The molecule has 6 heteroatoms. The van der Waals surface area contributed by atoms with Crippen molar-refractivity contribution in [3.63, 3.8) is 0 Å². The van der Waals surface area contributed by atoms with Crippen molar-refractivity contribution in [2.75, 3.05) is 43.5 Å². The SMILES string of the molecule is Cc1cc(NC=O)ccc1-c1ccc(C(=O)N2CCc3cc4c(cc32)C2(CCN(C)CC2)CO4)cc1. The van der Waals surface area contributed by atoms with Crippen LogP contribution < -0.4 is 15.0 Å². The fourth-order valence-corrected chi connectivity index (χ4v) is 6.01. The number of nitrogens with zero attached hydrogens (tertiary/aromatic N) is 2. The molecule has 1 N–H and O–H groups in total. The number of ether oxygens (including phenoxy) is 1. The maximum absolute atomic E-state index is 13.6. The molecule has 36 heavy (non-hydrogen) atoms. The van der Waals surface area contributed by atoms with Gasteiger partial charge in [-0.25, -0.2) is 0 Å². The van der Waals surface area contributed by atoms with Gasteiger partial charge in [0.05, 0.1) is 6.61 Å². The number of likely N-dealkylation sites (tertiary alicyclic amines) is 1. The molecule has 184 valence electrons. The lowest BCUT2D eigenvalue weighted by molar-refractivity contribution is -0.105. The summed E-state index contributed by atoms with van der Waals surface area (Å²) in [6, 6.07) is 18.1. The number of benzene rings is 3. The van der Waals surface area contributed by atoms with E-state index in [9.17, 15) is 9.59 Å². The van der Waals surface area contributed by atoms with Gasteiger partial charge in [-0.1, -0.05) is 18.2 Å². The summed E-state index contributed by atoms with van der Waals surface area (Å²) in [5, 5.41) is 2.69. The van der Waals surface area contributed by atoms with E-state index in [1.165, 1.54) is 11.1 Å². The molecule has 3 heterocycles. The zero-order valence-corrected chi connectivity index (χ0v) is 20.8. The molecule has 2 amide bonds. The number of carbonyl (C=O) groups excluding carboxylic acids is 2. The molecule has 0 bridgehead atoms. The van der Waals surface area contributed by atoms with Crippen LogP contribution in [0, 0.1) is 6.92 Å². The van der Waals surface area contributed by atoms with Crippen LogP contribution >= 0.6 is 0 Å². The first kappa shape index (κ1) is 22.8. The number of rotatable bonds is 4. The molecule has 3 aliphatic rings. The van der Waals surface area contributed by atoms with E-state index in [4.69, 9.17) is 4.74 Å². The third-order valence-electron chi connectivity index (χ3n) is 8.24. The predicted molar refractivity (Wildman–Crippen MR) is 142 cm³/mol. The van der Waals surface area contributed by atoms with Gasteiger partial charge < -0.3 is 19.9 Å². The number of carbonyl (C=O) groups is 2. The van der Waals surface area contributed by atoms with E-state index in [0.717, 1.165) is 72.8 Å². The van der Waals surface area contributed by atoms with Gasteiger partial charge >= 0.3 is 0 Å². The van der Waals surface area contributed by atoms with Crippen LogP contribution in [0.15, 0.2) is 54.6 Å². The lowest BCUT2D eigenvalue weighted by Crippen LogP contribution is -2.42. The molecule has 1 saturated heterocycles. The van der Waals surface area contributed by atoms with Crippen LogP contribution in [0.3, 0.4) is 0 Å². The zero-order chi connectivity index (χ0) is 24.9. The van der Waals surface area contributed by atoms with Gasteiger partial charge in [0.15, 0.2) is 0 Å². The van der Waals surface area contributed by atoms with Crippen LogP contribution in [-0.4, -0.2) is 50.5 Å². The Kier molecular flexibility index (Phi) is 5.56. The van der Waals surface area contributed by atoms with Gasteiger partial charge in [-0.2, -0.15) is 0 Å². The minimum Gasteiger partial charge on any atom is -0.492 e. The Hall–Kier alpha value is -3.64. The first-order valence-corrected chi connectivity index (χ1v) is 12.7. The number of nitrogens with one attached hydrogen (secondary N) is 1. The van der Waals surface area contributed by atoms with Crippen LogP contribution in [-0.2, 0) is 16.6 Å². The molecule has 3 aliphatic heterocycles. The normalized spacial score (nSPS) is 18.0. The lowest BCUT2D eigenvalue weighted by Gasteiger charge is -2.37. The smallest absolute Gasteiger partial charge is 0.258 e. The highest BCUT2D eigenvalue weighted by Gasteiger charge is 2.44. The van der Waals surface area contributed by atoms with Crippen molar-refractivity contribution in [1.82, 2.24) is 4.90 Å². The Balaban J connectivity index is 1.26. The largest absolute Gasteiger partial charge is 0.492 e. The summed E-state index contributed by atoms with van der Waals surface area (Å²) >= 11 is 0. The number of piperidine rings is 1. The Morgan fingerprint density at radius 3 is 2.53 bits per heavy atom. The number of fused-ring (bicyclic) bond motifs is 3. The third kappa shape index (κ3) is 3.77. The first-order chi connectivity index (χ1) is 17.5. The second-order valence-corrected chi connectivity index (χ2v) is 10.4. The van der Waals surface area contributed by atoms with E-state index < -0.39 is 0 Å². The summed E-state index contributed by atoms with van der Waals surface area (Å²) < 4.78 is 6.18. The molecule has 0 unspecified atom stereocenters. The average molecular weight is 482 g/mol. The molecule has 1 fully saturated rings. The monoisotopic (exact) mass is 481 g/mol. The van der Waals surface area contributed by atoms with Crippen molar-refractivity contribution in [3.8, 4) is 16.9 Å². The van der Waals surface area contributed by atoms with Crippen LogP contribution in [0.5, 0.6) is 5.75 Å². The number of amides is 2. The Morgan fingerprint density at radius 1 is 1.03 bits per heavy atom. The van der Waals surface area contributed by atoms with Gasteiger partial charge in [0.1, 0.15) is 5.75 Å². The molecule has 0 aromatic heterocycles. The van der Waals surface area contributed by atoms with Crippen LogP contribution in [0.4, 0.5) is 11.4 Å². The standard InChI is InChI=1S/C30H31N3O3/c1-20-15-24(31-19-34)7-8-25(20)21-3-5-22(6-4-21)29(35)33-12-9-23-16-28-26(17-27(23)33)30(18-36-28)10-13-32(2)14-11-30/h3-8,15-17,19H,9-14,18H2,1-2H3,(H,31,34). The maximum Gasteiger partial charge on any atom is 0.258 e. The molecular formula is C30H31N3O3. The minimum atomic E-state index is 0.0406. The molecule has 3 aromatic rings. The molecule has 0 radical (unpaired) electrons. The number of hydrogen-bond donors (Lipinski definition) is 1. The molecule has 6 nitrogen and oxygen atoms in total. The Bertz CT molecular complexity index is 1340. The van der Waals surface area contributed by atoms with E-state index in [1.807, 2.05) is 54.3 Å². The van der Waals surface area contributed by atoms with Gasteiger partial charge in [-0.3, -0.25) is 9.59 Å². The summed E-state index contributed by atoms with van der Waals surface area (Å²) in [7, 11) is 2.18. The summed E-state index contributed by atoms with van der Waals surface area (Å²) in [5.41, 5.74) is 8.24. The van der Waals surface area contributed by atoms with E-state index in [-0.39, 0.29) is 11.3 Å². The predicted octanol–water partition coefficient (Wildman–Crippen LogP) is 4.79. The summed E-state index contributed by atoms with van der Waals surface area (Å²) in [4.78, 5) is 28.6. The average Bonchev–Trinajstić information content (AvgIpc) is 3.46. The molecule has 6 rings (SSSR count). The van der Waals surface area contributed by atoms with Crippen molar-refractivity contribution in [2.45, 2.75) is 31.6 Å². The summed E-state index contributed by atoms with van der Waals surface area (Å²) in [5.74, 6) is 1.06. The van der Waals surface area contributed by atoms with Crippen molar-refractivity contribution in [3.05, 3.63) is 76.9 Å². The molecular weight excluding hydrogens is 450 g/mol. The molecule has 1 spiro atoms. The van der Waals surface area contributed by atoms with Crippen molar-refractivity contribution in [2.24, 2.45) is 0 Å². The topological polar surface area (TPSA) is 61.9 Å². The third-order valence-corrected chi connectivity index (χ3v) is 8.24. The highest BCUT2D eigenvalue weighted by atomic mass is 16.5. The van der Waals surface area contributed by atoms with E-state index >= 15 is 0 Å². The van der Waals surface area contributed by atoms with Gasteiger partial charge in [0, 0.05) is 34.5 Å². The van der Waals surface area contributed by atoms with Gasteiger partial charge in [-0.15, -0.1) is 0 Å². The number of anilines is 2. The number of hydrogen-bond acceptors (Lipinski definition) is 4. The molecule has 3 aromatic carbocycles. The second-order valence-electron chi connectivity index (χ2n) is 10.4. The van der Waals surface area contributed by atoms with Crippen molar-refractivity contribution in [1.29, 1.82) is 0 Å². The Labute approximate surface area is 211 Å². The van der Waals surface area contributed by atoms with Crippen LogP contribution in [0.2, 0.25) is 0 Å². The molecule has 0 atom stereocenters.